The molecule has 1 aromatic rings. The summed E-state index contributed by atoms with van der Waals surface area (Å²) < 4.78 is 0. The standard InChI is InChI=1S/C18H22N4O4.ClH/c19-8-2-1-3-9-20-11-4-5-12-13(10-11)18(26)22(17(12)25)14-6-7-15(23)21-16(14)24;/h4-5,10,14,20H,1-3,6-9,19H2,(H,21,23,24);1H. The van der Waals surface area contributed by atoms with Crippen LogP contribution in [-0.4, -0.2) is 47.7 Å². The molecule has 2 heterocycles. The first-order valence-electron chi connectivity index (χ1n) is 8.82. The number of rotatable bonds is 7. The molecule has 9 heteroatoms. The Kier molecular flexibility index (Phi) is 6.92. The summed E-state index contributed by atoms with van der Waals surface area (Å²) in [6.45, 7) is 1.42. The maximum absolute atomic E-state index is 12.7. The summed E-state index contributed by atoms with van der Waals surface area (Å²) in [5.74, 6) is -1.97. The van der Waals surface area contributed by atoms with Gasteiger partial charge < -0.3 is 11.1 Å². The predicted octanol–water partition coefficient (Wildman–Crippen LogP) is 1.05. The Balaban J connectivity index is 0.00000261. The minimum absolute atomic E-state index is 0. The van der Waals surface area contributed by atoms with E-state index in [-0.39, 0.29) is 42.3 Å². The number of halogens is 1. The van der Waals surface area contributed by atoms with Crippen LogP contribution in [0.2, 0.25) is 0 Å². The number of fused-ring (bicyclic) bond motifs is 1. The van der Waals surface area contributed by atoms with Gasteiger partial charge in [0.1, 0.15) is 6.04 Å². The summed E-state index contributed by atoms with van der Waals surface area (Å²) >= 11 is 0. The molecule has 1 fully saturated rings. The van der Waals surface area contributed by atoms with E-state index in [1.165, 1.54) is 0 Å². The van der Waals surface area contributed by atoms with Crippen molar-refractivity contribution in [2.75, 3.05) is 18.4 Å². The average Bonchev–Trinajstić information content (AvgIpc) is 2.86. The zero-order chi connectivity index (χ0) is 18.7. The molecule has 2 aliphatic rings. The fourth-order valence-electron chi connectivity index (χ4n) is 3.26. The van der Waals surface area contributed by atoms with Crippen molar-refractivity contribution >= 4 is 41.7 Å². The van der Waals surface area contributed by atoms with Gasteiger partial charge in [0, 0.05) is 18.7 Å². The first-order chi connectivity index (χ1) is 12.5. The lowest BCUT2D eigenvalue weighted by Crippen LogP contribution is -2.54. The molecule has 8 nitrogen and oxygen atoms in total. The van der Waals surface area contributed by atoms with E-state index in [0.29, 0.717) is 6.54 Å². The first-order valence-corrected chi connectivity index (χ1v) is 8.82. The number of carbonyl (C=O) groups is 4. The van der Waals surface area contributed by atoms with Gasteiger partial charge in [0.2, 0.25) is 11.8 Å². The maximum Gasteiger partial charge on any atom is 0.262 e. The van der Waals surface area contributed by atoms with Gasteiger partial charge >= 0.3 is 0 Å². The SMILES string of the molecule is Cl.NCCCCCNc1ccc2c(c1)C(=O)N(C1CCC(=O)NC1=O)C2=O. The van der Waals surface area contributed by atoms with Crippen molar-refractivity contribution in [1.82, 2.24) is 10.2 Å². The summed E-state index contributed by atoms with van der Waals surface area (Å²) in [4.78, 5) is 49.6. The van der Waals surface area contributed by atoms with Gasteiger partial charge in [-0.25, -0.2) is 0 Å². The van der Waals surface area contributed by atoms with Gasteiger partial charge in [-0.15, -0.1) is 12.4 Å². The summed E-state index contributed by atoms with van der Waals surface area (Å²) in [6.07, 6.45) is 3.22. The molecule has 0 bridgehead atoms. The zero-order valence-electron chi connectivity index (χ0n) is 14.8. The van der Waals surface area contributed by atoms with Crippen LogP contribution in [0.5, 0.6) is 0 Å². The molecule has 1 atom stereocenters. The topological polar surface area (TPSA) is 122 Å². The van der Waals surface area contributed by atoms with Crippen molar-refractivity contribution in [3.63, 3.8) is 0 Å². The molecule has 0 saturated carbocycles. The van der Waals surface area contributed by atoms with E-state index >= 15 is 0 Å². The summed E-state index contributed by atoms with van der Waals surface area (Å²) in [6, 6.07) is 4.06. The van der Waals surface area contributed by atoms with Crippen molar-refractivity contribution in [1.29, 1.82) is 0 Å². The Morgan fingerprint density at radius 2 is 1.81 bits per heavy atom. The lowest BCUT2D eigenvalue weighted by atomic mass is 10.0. The highest BCUT2D eigenvalue weighted by atomic mass is 35.5. The molecule has 1 aromatic carbocycles. The highest BCUT2D eigenvalue weighted by molar-refractivity contribution is 6.23. The number of nitrogens with two attached hydrogens (primary N) is 1. The van der Waals surface area contributed by atoms with Crippen LogP contribution >= 0.6 is 12.4 Å². The van der Waals surface area contributed by atoms with E-state index < -0.39 is 23.8 Å². The largest absolute Gasteiger partial charge is 0.385 e. The number of anilines is 1. The summed E-state index contributed by atoms with van der Waals surface area (Å²) in [5.41, 5.74) is 6.78. The number of imide groups is 2. The first kappa shape index (κ1) is 20.9. The molecule has 2 aliphatic heterocycles. The highest BCUT2D eigenvalue weighted by Gasteiger charge is 2.44. The molecule has 3 rings (SSSR count). The third-order valence-electron chi connectivity index (χ3n) is 4.65. The molecular weight excluding hydrogens is 372 g/mol. The van der Waals surface area contributed by atoms with E-state index in [1.54, 1.807) is 18.2 Å². The monoisotopic (exact) mass is 394 g/mol. The van der Waals surface area contributed by atoms with Crippen LogP contribution < -0.4 is 16.4 Å². The van der Waals surface area contributed by atoms with Crippen LogP contribution in [0.3, 0.4) is 0 Å². The molecule has 0 aromatic heterocycles. The zero-order valence-corrected chi connectivity index (χ0v) is 15.6. The van der Waals surface area contributed by atoms with E-state index in [9.17, 15) is 19.2 Å². The van der Waals surface area contributed by atoms with Crippen molar-refractivity contribution in [3.8, 4) is 0 Å². The fourth-order valence-corrected chi connectivity index (χ4v) is 3.26. The Bertz CT molecular complexity index is 768. The Hall–Kier alpha value is -2.45. The van der Waals surface area contributed by atoms with E-state index in [1.807, 2.05) is 0 Å². The highest BCUT2D eigenvalue weighted by Crippen LogP contribution is 2.29. The van der Waals surface area contributed by atoms with Crippen LogP contribution in [0.15, 0.2) is 18.2 Å². The quantitative estimate of drug-likeness (QED) is 0.469. The molecule has 0 spiro atoms. The Morgan fingerprint density at radius 3 is 2.52 bits per heavy atom. The molecule has 1 saturated heterocycles. The lowest BCUT2D eigenvalue weighted by molar-refractivity contribution is -0.136. The van der Waals surface area contributed by atoms with Crippen LogP contribution in [-0.2, 0) is 9.59 Å². The molecule has 27 heavy (non-hydrogen) atoms. The van der Waals surface area contributed by atoms with Crippen molar-refractivity contribution in [2.45, 2.75) is 38.1 Å². The van der Waals surface area contributed by atoms with Gasteiger partial charge in [0.25, 0.3) is 11.8 Å². The Morgan fingerprint density at radius 1 is 1.07 bits per heavy atom. The Labute approximate surface area is 163 Å². The third-order valence-corrected chi connectivity index (χ3v) is 4.65. The minimum atomic E-state index is -0.937. The van der Waals surface area contributed by atoms with Crippen molar-refractivity contribution in [3.05, 3.63) is 29.3 Å². The number of hydrogen-bond acceptors (Lipinski definition) is 6. The second-order valence-corrected chi connectivity index (χ2v) is 6.48. The van der Waals surface area contributed by atoms with Gasteiger partial charge in [0.15, 0.2) is 0 Å². The second kappa shape index (κ2) is 8.96. The predicted molar refractivity (Wildman–Crippen MR) is 102 cm³/mol. The van der Waals surface area contributed by atoms with E-state index in [0.717, 1.165) is 36.4 Å². The smallest absolute Gasteiger partial charge is 0.262 e. The van der Waals surface area contributed by atoms with Crippen molar-refractivity contribution < 1.29 is 19.2 Å². The molecule has 146 valence electrons. The lowest BCUT2D eigenvalue weighted by Gasteiger charge is -2.27. The third kappa shape index (κ3) is 4.28. The molecule has 0 aliphatic carbocycles. The summed E-state index contributed by atoms with van der Waals surface area (Å²) in [5, 5.41) is 5.42. The van der Waals surface area contributed by atoms with Gasteiger partial charge in [-0.1, -0.05) is 6.42 Å². The molecule has 0 radical (unpaired) electrons. The minimum Gasteiger partial charge on any atom is -0.385 e. The van der Waals surface area contributed by atoms with Gasteiger partial charge in [0.05, 0.1) is 11.1 Å². The number of nitrogens with one attached hydrogen (secondary N) is 2. The van der Waals surface area contributed by atoms with Crippen LogP contribution in [0, 0.1) is 0 Å². The molecular formula is C18H23ClN4O4. The number of hydrogen-bond donors (Lipinski definition) is 3. The molecule has 1 unspecified atom stereocenters. The molecule has 4 amide bonds. The average molecular weight is 395 g/mol. The normalized spacial score (nSPS) is 18.9. The number of nitrogens with zero attached hydrogens (tertiary/aromatic N) is 1. The number of unbranched alkanes of at least 4 members (excludes halogenated alkanes) is 2. The number of amides is 4. The van der Waals surface area contributed by atoms with E-state index in [2.05, 4.69) is 10.6 Å². The maximum atomic E-state index is 12.7. The summed E-state index contributed by atoms with van der Waals surface area (Å²) in [7, 11) is 0. The van der Waals surface area contributed by atoms with Crippen LogP contribution in [0.25, 0.3) is 0 Å². The van der Waals surface area contributed by atoms with Crippen LogP contribution in [0.1, 0.15) is 52.8 Å². The number of piperidine rings is 1. The second-order valence-electron chi connectivity index (χ2n) is 6.48. The van der Waals surface area contributed by atoms with Gasteiger partial charge in [-0.05, 0) is 44.0 Å². The number of carbonyl (C=O) groups excluding carboxylic acids is 4. The van der Waals surface area contributed by atoms with Gasteiger partial charge in [-0.3, -0.25) is 29.4 Å². The van der Waals surface area contributed by atoms with Crippen molar-refractivity contribution in [2.24, 2.45) is 5.73 Å². The number of benzene rings is 1. The van der Waals surface area contributed by atoms with Gasteiger partial charge in [-0.2, -0.15) is 0 Å². The van der Waals surface area contributed by atoms with E-state index in [4.69, 9.17) is 5.73 Å². The molecule has 4 N–H and O–H groups in total. The fraction of sp³-hybridized carbons (Fsp3) is 0.444. The van der Waals surface area contributed by atoms with Crippen LogP contribution in [0.4, 0.5) is 5.69 Å².